The van der Waals surface area contributed by atoms with Crippen LogP contribution >= 0.6 is 0 Å². The predicted molar refractivity (Wildman–Crippen MR) is 69.8 cm³/mol. The fourth-order valence-electron chi connectivity index (χ4n) is 2.08. The molecule has 0 atom stereocenters. The number of aryl methyl sites for hydroxylation is 1. The number of carbonyl (C=O) groups excluding carboxylic acids is 1. The van der Waals surface area contributed by atoms with E-state index in [2.05, 4.69) is 0 Å². The fourth-order valence-corrected chi connectivity index (χ4v) is 2.08. The lowest BCUT2D eigenvalue weighted by Gasteiger charge is -2.27. The van der Waals surface area contributed by atoms with Crippen molar-refractivity contribution in [3.63, 3.8) is 0 Å². The van der Waals surface area contributed by atoms with Gasteiger partial charge in [0.15, 0.2) is 0 Å². The number of pyridine rings is 1. The summed E-state index contributed by atoms with van der Waals surface area (Å²) in [4.78, 5) is 36.7. The van der Waals surface area contributed by atoms with Crippen LogP contribution in [0.3, 0.4) is 0 Å². The molecule has 1 amide bonds. The van der Waals surface area contributed by atoms with Crippen LogP contribution in [0.1, 0.15) is 16.1 Å². The molecule has 1 N–H and O–H groups in total. The van der Waals surface area contributed by atoms with E-state index in [1.807, 2.05) is 0 Å². The van der Waals surface area contributed by atoms with Crippen LogP contribution in [0, 0.1) is 6.92 Å². The molecule has 0 unspecified atom stereocenters. The highest BCUT2D eigenvalue weighted by atomic mass is 16.5. The van der Waals surface area contributed by atoms with Crippen LogP contribution in [-0.2, 0) is 16.1 Å². The highest BCUT2D eigenvalue weighted by molar-refractivity contribution is 5.87. The first kappa shape index (κ1) is 14.3. The first-order valence-corrected chi connectivity index (χ1v) is 6.30. The first-order chi connectivity index (χ1) is 9.50. The van der Waals surface area contributed by atoms with Crippen molar-refractivity contribution in [3.8, 4) is 0 Å². The summed E-state index contributed by atoms with van der Waals surface area (Å²) in [6.45, 7) is 3.46. The Morgan fingerprint density at radius 1 is 1.30 bits per heavy atom. The van der Waals surface area contributed by atoms with E-state index < -0.39 is 11.5 Å². The zero-order chi connectivity index (χ0) is 14.7. The van der Waals surface area contributed by atoms with Crippen LogP contribution in [-0.4, -0.2) is 52.8 Å². The third-order valence-corrected chi connectivity index (χ3v) is 3.28. The van der Waals surface area contributed by atoms with Crippen molar-refractivity contribution in [2.24, 2.45) is 0 Å². The van der Waals surface area contributed by atoms with Crippen LogP contribution in [0.25, 0.3) is 0 Å². The predicted octanol–water partition coefficient (Wildman–Crippen LogP) is -0.286. The van der Waals surface area contributed by atoms with E-state index in [9.17, 15) is 14.4 Å². The van der Waals surface area contributed by atoms with Gasteiger partial charge in [-0.15, -0.1) is 0 Å². The molecule has 108 valence electrons. The lowest BCUT2D eigenvalue weighted by atomic mass is 10.2. The number of morpholine rings is 1. The summed E-state index contributed by atoms with van der Waals surface area (Å²) in [5, 5.41) is 8.94. The van der Waals surface area contributed by atoms with Gasteiger partial charge in [-0.1, -0.05) is 0 Å². The van der Waals surface area contributed by atoms with Crippen LogP contribution < -0.4 is 5.56 Å². The van der Waals surface area contributed by atoms with Crippen LogP contribution in [0.2, 0.25) is 0 Å². The average Bonchev–Trinajstić information content (AvgIpc) is 2.43. The van der Waals surface area contributed by atoms with Crippen molar-refractivity contribution in [1.82, 2.24) is 9.47 Å². The molecule has 1 aromatic rings. The number of ether oxygens (including phenoxy) is 1. The maximum atomic E-state index is 12.1. The third kappa shape index (κ3) is 2.88. The Kier molecular flexibility index (Phi) is 4.19. The molecule has 2 heterocycles. The molecule has 0 spiro atoms. The normalized spacial score (nSPS) is 15.2. The molecule has 1 aliphatic rings. The third-order valence-electron chi connectivity index (χ3n) is 3.28. The molecule has 2 rings (SSSR count). The summed E-state index contributed by atoms with van der Waals surface area (Å²) in [6, 6.07) is 2.78. The smallest absolute Gasteiger partial charge is 0.341 e. The standard InChI is InChI=1S/C13H16N2O5/c1-9-2-3-10(13(18)19)12(17)15(9)8-11(16)14-4-6-20-7-5-14/h2-3H,4-8H2,1H3,(H,18,19). The summed E-state index contributed by atoms with van der Waals surface area (Å²) >= 11 is 0. The van der Waals surface area contributed by atoms with Crippen molar-refractivity contribution in [2.75, 3.05) is 26.3 Å². The molecule has 0 saturated carbocycles. The maximum Gasteiger partial charge on any atom is 0.341 e. The summed E-state index contributed by atoms with van der Waals surface area (Å²) < 4.78 is 6.35. The van der Waals surface area contributed by atoms with Gasteiger partial charge in [-0.05, 0) is 19.1 Å². The molecule has 20 heavy (non-hydrogen) atoms. The van der Waals surface area contributed by atoms with E-state index >= 15 is 0 Å². The topological polar surface area (TPSA) is 88.8 Å². The van der Waals surface area contributed by atoms with Crippen molar-refractivity contribution in [2.45, 2.75) is 13.5 Å². The minimum Gasteiger partial charge on any atom is -0.477 e. The van der Waals surface area contributed by atoms with E-state index in [-0.39, 0.29) is 18.0 Å². The number of hydrogen-bond donors (Lipinski definition) is 1. The second kappa shape index (κ2) is 5.87. The van der Waals surface area contributed by atoms with Gasteiger partial charge in [-0.25, -0.2) is 4.79 Å². The fraction of sp³-hybridized carbons (Fsp3) is 0.462. The minimum atomic E-state index is -1.29. The number of nitrogens with zero attached hydrogens (tertiary/aromatic N) is 2. The lowest BCUT2D eigenvalue weighted by molar-refractivity contribution is -0.136. The molecule has 1 aromatic heterocycles. The molecule has 1 aliphatic heterocycles. The molecular formula is C13H16N2O5. The van der Waals surface area contributed by atoms with Crippen LogP contribution in [0.15, 0.2) is 16.9 Å². The number of aromatic carboxylic acids is 1. The maximum absolute atomic E-state index is 12.1. The summed E-state index contributed by atoms with van der Waals surface area (Å²) in [5.41, 5.74) is -0.425. The number of carboxylic acid groups (broad SMARTS) is 1. The molecule has 1 saturated heterocycles. The lowest BCUT2D eigenvalue weighted by Crippen LogP contribution is -2.44. The van der Waals surface area contributed by atoms with E-state index in [0.717, 1.165) is 0 Å². The van der Waals surface area contributed by atoms with Crippen molar-refractivity contribution >= 4 is 11.9 Å². The number of hydrogen-bond acceptors (Lipinski definition) is 4. The van der Waals surface area contributed by atoms with Gasteiger partial charge in [0.05, 0.1) is 13.2 Å². The number of amides is 1. The van der Waals surface area contributed by atoms with E-state index in [1.54, 1.807) is 11.8 Å². The zero-order valence-corrected chi connectivity index (χ0v) is 11.2. The van der Waals surface area contributed by atoms with Gasteiger partial charge < -0.3 is 19.3 Å². The summed E-state index contributed by atoms with van der Waals surface area (Å²) in [6.07, 6.45) is 0. The quantitative estimate of drug-likeness (QED) is 0.822. The average molecular weight is 280 g/mol. The van der Waals surface area contributed by atoms with Crippen LogP contribution in [0.4, 0.5) is 0 Å². The molecule has 7 heteroatoms. The van der Waals surface area contributed by atoms with Crippen LogP contribution in [0.5, 0.6) is 0 Å². The monoisotopic (exact) mass is 280 g/mol. The zero-order valence-electron chi connectivity index (χ0n) is 11.2. The van der Waals surface area contributed by atoms with Gasteiger partial charge in [-0.2, -0.15) is 0 Å². The number of aromatic nitrogens is 1. The second-order valence-corrected chi connectivity index (χ2v) is 4.58. The van der Waals surface area contributed by atoms with Gasteiger partial charge in [-0.3, -0.25) is 9.59 Å². The molecule has 1 fully saturated rings. The molecule has 0 aromatic carbocycles. The molecule has 0 aliphatic carbocycles. The Labute approximate surface area is 115 Å². The Morgan fingerprint density at radius 2 is 1.95 bits per heavy atom. The van der Waals surface area contributed by atoms with E-state index in [4.69, 9.17) is 9.84 Å². The molecular weight excluding hydrogens is 264 g/mol. The number of carboxylic acids is 1. The Balaban J connectivity index is 2.24. The summed E-state index contributed by atoms with van der Waals surface area (Å²) in [5.74, 6) is -1.50. The molecule has 7 nitrogen and oxygen atoms in total. The molecule has 0 radical (unpaired) electrons. The first-order valence-electron chi connectivity index (χ1n) is 6.30. The number of rotatable bonds is 3. The largest absolute Gasteiger partial charge is 0.477 e. The Hall–Kier alpha value is -2.15. The van der Waals surface area contributed by atoms with Gasteiger partial charge in [0.2, 0.25) is 5.91 Å². The molecule has 0 bridgehead atoms. The highest BCUT2D eigenvalue weighted by Crippen LogP contribution is 2.03. The number of carbonyl (C=O) groups is 2. The van der Waals surface area contributed by atoms with Gasteiger partial charge >= 0.3 is 5.97 Å². The van der Waals surface area contributed by atoms with E-state index in [1.165, 1.54) is 16.7 Å². The SMILES string of the molecule is Cc1ccc(C(=O)O)c(=O)n1CC(=O)N1CCOCC1. The van der Waals surface area contributed by atoms with Crippen molar-refractivity contribution in [3.05, 3.63) is 33.7 Å². The van der Waals surface area contributed by atoms with Crippen molar-refractivity contribution in [1.29, 1.82) is 0 Å². The second-order valence-electron chi connectivity index (χ2n) is 4.58. The Bertz CT molecular complexity index is 587. The van der Waals surface area contributed by atoms with Gasteiger partial charge in [0, 0.05) is 18.8 Å². The summed E-state index contributed by atoms with van der Waals surface area (Å²) in [7, 11) is 0. The van der Waals surface area contributed by atoms with E-state index in [0.29, 0.717) is 32.0 Å². The van der Waals surface area contributed by atoms with Gasteiger partial charge in [0.25, 0.3) is 5.56 Å². The minimum absolute atomic E-state index is 0.147. The van der Waals surface area contributed by atoms with Gasteiger partial charge in [0.1, 0.15) is 12.1 Å². The van der Waals surface area contributed by atoms with Crippen molar-refractivity contribution < 1.29 is 19.4 Å². The Morgan fingerprint density at radius 3 is 2.55 bits per heavy atom. The highest BCUT2D eigenvalue weighted by Gasteiger charge is 2.20.